The van der Waals surface area contributed by atoms with E-state index in [2.05, 4.69) is 15.2 Å². The molecule has 0 spiro atoms. The molecule has 0 radical (unpaired) electrons. The lowest BCUT2D eigenvalue weighted by Gasteiger charge is -2.26. The molecule has 4 rings (SSSR count). The lowest BCUT2D eigenvalue weighted by Crippen LogP contribution is -2.37. The van der Waals surface area contributed by atoms with Gasteiger partial charge < -0.3 is 14.8 Å². The predicted molar refractivity (Wildman–Crippen MR) is 119 cm³/mol. The van der Waals surface area contributed by atoms with Crippen molar-refractivity contribution in [1.29, 1.82) is 0 Å². The zero-order valence-electron chi connectivity index (χ0n) is 16.0. The highest BCUT2D eigenvalue weighted by atomic mass is 35.5. The SMILES string of the molecule is Clc1cc(Cl)cc(Nc2ccc3cc(OCCCN4CCOCC4)ccc3n2)c1. The van der Waals surface area contributed by atoms with Gasteiger partial charge >= 0.3 is 0 Å². The summed E-state index contributed by atoms with van der Waals surface area (Å²) in [7, 11) is 0. The van der Waals surface area contributed by atoms with Crippen LogP contribution in [0.4, 0.5) is 11.5 Å². The molecule has 1 aromatic heterocycles. The number of hydrogen-bond donors (Lipinski definition) is 1. The summed E-state index contributed by atoms with van der Waals surface area (Å²) in [6.45, 7) is 5.44. The lowest BCUT2D eigenvalue weighted by molar-refractivity contribution is 0.0358. The standard InChI is InChI=1S/C22H23Cl2N3O2/c23-17-13-18(24)15-19(14-17)25-22-5-2-16-12-20(3-4-21(16)26-22)29-9-1-6-27-7-10-28-11-8-27/h2-5,12-15H,1,6-11H2,(H,25,26). The topological polar surface area (TPSA) is 46.6 Å². The number of benzene rings is 2. The first-order valence-corrected chi connectivity index (χ1v) is 10.5. The number of ether oxygens (including phenoxy) is 2. The second-order valence-electron chi connectivity index (χ2n) is 6.99. The van der Waals surface area contributed by atoms with Crippen LogP contribution in [0.2, 0.25) is 10.0 Å². The third-order valence-electron chi connectivity index (χ3n) is 4.79. The summed E-state index contributed by atoms with van der Waals surface area (Å²) >= 11 is 12.1. The van der Waals surface area contributed by atoms with Crippen molar-refractivity contribution in [2.45, 2.75) is 6.42 Å². The molecule has 0 aliphatic carbocycles. The molecular weight excluding hydrogens is 409 g/mol. The zero-order chi connectivity index (χ0) is 20.1. The number of nitrogens with one attached hydrogen (secondary N) is 1. The summed E-state index contributed by atoms with van der Waals surface area (Å²) in [5, 5.41) is 5.43. The Morgan fingerprint density at radius 3 is 2.59 bits per heavy atom. The second kappa shape index (κ2) is 9.63. The van der Waals surface area contributed by atoms with Gasteiger partial charge in [-0.15, -0.1) is 0 Å². The van der Waals surface area contributed by atoms with Crippen LogP contribution in [0, 0.1) is 0 Å². The Morgan fingerprint density at radius 2 is 1.79 bits per heavy atom. The first-order chi connectivity index (χ1) is 14.2. The third kappa shape index (κ3) is 5.73. The summed E-state index contributed by atoms with van der Waals surface area (Å²) < 4.78 is 11.3. The molecule has 0 unspecified atom stereocenters. The average Bonchev–Trinajstić information content (AvgIpc) is 2.71. The maximum atomic E-state index is 6.06. The van der Waals surface area contributed by atoms with E-state index in [1.165, 1.54) is 0 Å². The summed E-state index contributed by atoms with van der Waals surface area (Å²) in [6, 6.07) is 15.2. The van der Waals surface area contributed by atoms with Crippen molar-refractivity contribution in [3.8, 4) is 5.75 Å². The summed E-state index contributed by atoms with van der Waals surface area (Å²) in [6.07, 6.45) is 1.00. The minimum absolute atomic E-state index is 0.580. The van der Waals surface area contributed by atoms with Crippen molar-refractivity contribution in [2.75, 3.05) is 44.8 Å². The minimum atomic E-state index is 0.580. The number of nitrogens with zero attached hydrogens (tertiary/aromatic N) is 2. The number of rotatable bonds is 7. The van der Waals surface area contributed by atoms with Gasteiger partial charge in [-0.25, -0.2) is 4.98 Å². The predicted octanol–water partition coefficient (Wildman–Crippen LogP) is 5.39. The van der Waals surface area contributed by atoms with Crippen molar-refractivity contribution < 1.29 is 9.47 Å². The van der Waals surface area contributed by atoms with Gasteiger partial charge in [0.25, 0.3) is 0 Å². The van der Waals surface area contributed by atoms with Crippen molar-refractivity contribution >= 4 is 45.6 Å². The van der Waals surface area contributed by atoms with Gasteiger partial charge in [0.2, 0.25) is 0 Å². The average molecular weight is 432 g/mol. The van der Waals surface area contributed by atoms with Crippen LogP contribution in [0.15, 0.2) is 48.5 Å². The molecule has 1 fully saturated rings. The fourth-order valence-electron chi connectivity index (χ4n) is 3.34. The molecule has 2 aromatic carbocycles. The van der Waals surface area contributed by atoms with Gasteiger partial charge in [0, 0.05) is 40.8 Å². The first-order valence-electron chi connectivity index (χ1n) is 9.72. The van der Waals surface area contributed by atoms with E-state index in [4.69, 9.17) is 32.7 Å². The largest absolute Gasteiger partial charge is 0.494 e. The highest BCUT2D eigenvalue weighted by Crippen LogP contribution is 2.26. The third-order valence-corrected chi connectivity index (χ3v) is 5.22. The molecule has 5 nitrogen and oxygen atoms in total. The highest BCUT2D eigenvalue weighted by molar-refractivity contribution is 6.35. The molecule has 1 N–H and O–H groups in total. The van der Waals surface area contributed by atoms with Gasteiger partial charge in [-0.3, -0.25) is 4.90 Å². The number of halogens is 2. The molecule has 0 saturated carbocycles. The Morgan fingerprint density at radius 1 is 1.00 bits per heavy atom. The maximum absolute atomic E-state index is 6.06. The van der Waals surface area contributed by atoms with Gasteiger partial charge in [-0.05, 0) is 55.0 Å². The Labute approximate surface area is 180 Å². The smallest absolute Gasteiger partial charge is 0.131 e. The van der Waals surface area contributed by atoms with Crippen LogP contribution in [0.5, 0.6) is 5.75 Å². The normalized spacial score (nSPS) is 14.8. The van der Waals surface area contributed by atoms with E-state index in [-0.39, 0.29) is 0 Å². The number of hydrogen-bond acceptors (Lipinski definition) is 5. The number of pyridine rings is 1. The van der Waals surface area contributed by atoms with Crippen LogP contribution in [0.25, 0.3) is 10.9 Å². The van der Waals surface area contributed by atoms with E-state index in [1.54, 1.807) is 6.07 Å². The van der Waals surface area contributed by atoms with Crippen LogP contribution < -0.4 is 10.1 Å². The molecule has 1 saturated heterocycles. The Hall–Kier alpha value is -2.05. The van der Waals surface area contributed by atoms with Crippen LogP contribution >= 0.6 is 23.2 Å². The maximum Gasteiger partial charge on any atom is 0.131 e. The molecule has 3 aromatic rings. The molecule has 0 amide bonds. The van der Waals surface area contributed by atoms with Crippen molar-refractivity contribution in [2.24, 2.45) is 0 Å². The summed E-state index contributed by atoms with van der Waals surface area (Å²) in [5.41, 5.74) is 1.69. The molecular formula is C22H23Cl2N3O2. The van der Waals surface area contributed by atoms with Gasteiger partial charge in [0.05, 0.1) is 25.3 Å². The summed E-state index contributed by atoms with van der Waals surface area (Å²) in [5.74, 6) is 1.60. The molecule has 0 atom stereocenters. The van der Waals surface area contributed by atoms with E-state index in [9.17, 15) is 0 Å². The number of fused-ring (bicyclic) bond motifs is 1. The Balaban J connectivity index is 1.35. The van der Waals surface area contributed by atoms with Crippen molar-refractivity contribution in [3.63, 3.8) is 0 Å². The van der Waals surface area contributed by atoms with Crippen LogP contribution in [-0.2, 0) is 4.74 Å². The van der Waals surface area contributed by atoms with Crippen LogP contribution in [0.3, 0.4) is 0 Å². The lowest BCUT2D eigenvalue weighted by atomic mass is 10.2. The van der Waals surface area contributed by atoms with Crippen molar-refractivity contribution in [1.82, 2.24) is 9.88 Å². The zero-order valence-corrected chi connectivity index (χ0v) is 17.5. The van der Waals surface area contributed by atoms with Crippen LogP contribution in [-0.4, -0.2) is 49.3 Å². The quantitative estimate of drug-likeness (QED) is 0.508. The second-order valence-corrected chi connectivity index (χ2v) is 7.86. The first kappa shape index (κ1) is 20.2. The highest BCUT2D eigenvalue weighted by Gasteiger charge is 2.09. The number of morpholine rings is 1. The number of anilines is 2. The van der Waals surface area contributed by atoms with Crippen LogP contribution in [0.1, 0.15) is 6.42 Å². The van der Waals surface area contributed by atoms with E-state index >= 15 is 0 Å². The molecule has 7 heteroatoms. The summed E-state index contributed by atoms with van der Waals surface area (Å²) in [4.78, 5) is 7.07. The molecule has 1 aliphatic rings. The molecule has 29 heavy (non-hydrogen) atoms. The molecule has 2 heterocycles. The monoisotopic (exact) mass is 431 g/mol. The van der Waals surface area contributed by atoms with E-state index in [1.807, 2.05) is 42.5 Å². The fraction of sp³-hybridized carbons (Fsp3) is 0.318. The van der Waals surface area contributed by atoms with Gasteiger partial charge in [0.1, 0.15) is 11.6 Å². The van der Waals surface area contributed by atoms with Gasteiger partial charge in [-0.1, -0.05) is 23.2 Å². The Bertz CT molecular complexity index is 957. The number of aromatic nitrogens is 1. The van der Waals surface area contributed by atoms with E-state index in [0.717, 1.165) is 67.4 Å². The van der Waals surface area contributed by atoms with Gasteiger partial charge in [-0.2, -0.15) is 0 Å². The van der Waals surface area contributed by atoms with Gasteiger partial charge in [0.15, 0.2) is 0 Å². The van der Waals surface area contributed by atoms with Crippen molar-refractivity contribution in [3.05, 3.63) is 58.6 Å². The van der Waals surface area contributed by atoms with E-state index < -0.39 is 0 Å². The fourth-order valence-corrected chi connectivity index (χ4v) is 3.87. The molecule has 152 valence electrons. The molecule has 1 aliphatic heterocycles. The van der Waals surface area contributed by atoms with E-state index in [0.29, 0.717) is 16.7 Å². The Kier molecular flexibility index (Phi) is 6.72. The molecule has 0 bridgehead atoms. The minimum Gasteiger partial charge on any atom is -0.494 e.